The van der Waals surface area contributed by atoms with Crippen molar-refractivity contribution in [1.82, 2.24) is 5.32 Å². The molecule has 0 saturated carbocycles. The fourth-order valence-corrected chi connectivity index (χ4v) is 2.71. The molecule has 0 aliphatic rings. The molecule has 1 rings (SSSR count). The first-order valence-corrected chi connectivity index (χ1v) is 9.28. The number of hydrogen-bond acceptors (Lipinski definition) is 3. The van der Waals surface area contributed by atoms with Gasteiger partial charge in [-0.15, -0.1) is 0 Å². The summed E-state index contributed by atoms with van der Waals surface area (Å²) >= 11 is 0. The van der Waals surface area contributed by atoms with Crippen LogP contribution in [-0.4, -0.2) is 17.6 Å². The summed E-state index contributed by atoms with van der Waals surface area (Å²) in [5.41, 5.74) is 1.51. The molecule has 0 aliphatic carbocycles. The predicted molar refractivity (Wildman–Crippen MR) is 102 cm³/mol. The van der Waals surface area contributed by atoms with Crippen LogP contribution in [0.5, 0.6) is 5.75 Å². The quantitative estimate of drug-likeness (QED) is 0.339. The zero-order valence-corrected chi connectivity index (χ0v) is 15.5. The highest BCUT2D eigenvalue weighted by atomic mass is 16.3. The van der Waals surface area contributed by atoms with E-state index < -0.39 is 0 Å². The Morgan fingerprint density at radius 2 is 1.60 bits per heavy atom. The van der Waals surface area contributed by atoms with Crippen molar-refractivity contribution in [1.29, 1.82) is 5.26 Å². The number of nitriles is 1. The summed E-state index contributed by atoms with van der Waals surface area (Å²) in [6.45, 7) is 4.57. The Hall–Kier alpha value is -2.28. The van der Waals surface area contributed by atoms with Gasteiger partial charge in [0.25, 0.3) is 5.91 Å². The van der Waals surface area contributed by atoms with E-state index in [4.69, 9.17) is 0 Å². The van der Waals surface area contributed by atoms with Gasteiger partial charge in [0.2, 0.25) is 0 Å². The van der Waals surface area contributed by atoms with Crippen molar-refractivity contribution in [2.45, 2.75) is 65.2 Å². The Morgan fingerprint density at radius 1 is 1.04 bits per heavy atom. The summed E-state index contributed by atoms with van der Waals surface area (Å²) < 4.78 is 0. The number of nitrogens with one attached hydrogen (secondary N) is 1. The second-order valence-corrected chi connectivity index (χ2v) is 6.39. The van der Waals surface area contributed by atoms with E-state index in [1.54, 1.807) is 31.2 Å². The average Bonchev–Trinajstić information content (AvgIpc) is 2.61. The van der Waals surface area contributed by atoms with Gasteiger partial charge in [0, 0.05) is 6.54 Å². The molecule has 1 amide bonds. The minimum Gasteiger partial charge on any atom is -0.508 e. The number of phenolic OH excluding ortho intramolecular Hbond substituents is 1. The van der Waals surface area contributed by atoms with Crippen molar-refractivity contribution in [3.8, 4) is 11.8 Å². The van der Waals surface area contributed by atoms with Gasteiger partial charge in [0.05, 0.1) is 0 Å². The van der Waals surface area contributed by atoms with Crippen LogP contribution in [0.25, 0.3) is 5.57 Å². The van der Waals surface area contributed by atoms with E-state index in [-0.39, 0.29) is 17.2 Å². The summed E-state index contributed by atoms with van der Waals surface area (Å²) in [5.74, 6) is -0.162. The van der Waals surface area contributed by atoms with Gasteiger partial charge in [-0.2, -0.15) is 5.26 Å². The van der Waals surface area contributed by atoms with Crippen LogP contribution in [-0.2, 0) is 4.79 Å². The summed E-state index contributed by atoms with van der Waals surface area (Å²) in [4.78, 5) is 12.2. The van der Waals surface area contributed by atoms with Crippen molar-refractivity contribution < 1.29 is 9.90 Å². The zero-order chi connectivity index (χ0) is 18.5. The van der Waals surface area contributed by atoms with Gasteiger partial charge >= 0.3 is 0 Å². The van der Waals surface area contributed by atoms with Gasteiger partial charge in [-0.3, -0.25) is 4.79 Å². The third-order valence-corrected chi connectivity index (χ3v) is 4.33. The topological polar surface area (TPSA) is 73.1 Å². The van der Waals surface area contributed by atoms with Gasteiger partial charge in [-0.25, -0.2) is 0 Å². The van der Waals surface area contributed by atoms with Crippen LogP contribution in [0, 0.1) is 11.3 Å². The van der Waals surface area contributed by atoms with Gasteiger partial charge in [0.15, 0.2) is 0 Å². The molecule has 4 heteroatoms. The summed E-state index contributed by atoms with van der Waals surface area (Å²) in [6, 6.07) is 8.50. The Balaban J connectivity index is 2.38. The minimum absolute atomic E-state index is 0.130. The van der Waals surface area contributed by atoms with Gasteiger partial charge < -0.3 is 10.4 Å². The van der Waals surface area contributed by atoms with Crippen LogP contribution >= 0.6 is 0 Å². The smallest absolute Gasteiger partial charge is 0.262 e. The lowest BCUT2D eigenvalue weighted by Gasteiger charge is -2.08. The van der Waals surface area contributed by atoms with Gasteiger partial charge in [-0.05, 0) is 36.6 Å². The molecule has 0 aromatic heterocycles. The first-order chi connectivity index (χ1) is 12.1. The van der Waals surface area contributed by atoms with E-state index in [0.29, 0.717) is 12.1 Å². The monoisotopic (exact) mass is 342 g/mol. The van der Waals surface area contributed by atoms with E-state index in [0.717, 1.165) is 18.4 Å². The molecular formula is C21H30N2O2. The van der Waals surface area contributed by atoms with Crippen molar-refractivity contribution in [2.75, 3.05) is 6.54 Å². The number of allylic oxidation sites excluding steroid dienone is 1. The molecule has 0 saturated heterocycles. The number of hydrogen-bond donors (Lipinski definition) is 2. The van der Waals surface area contributed by atoms with Crippen LogP contribution in [0.1, 0.15) is 70.8 Å². The number of carbonyl (C=O) groups is 1. The summed E-state index contributed by atoms with van der Waals surface area (Å²) in [5, 5.41) is 21.5. The standard InChI is InChI=1S/C21H30N2O2/c1-3-4-5-6-7-8-9-10-15-23-21(25)20(16-22)17(2)18-11-13-19(24)14-12-18/h11-14,24H,3-10,15H2,1-2H3,(H,23,25)/b20-17+. The molecule has 0 heterocycles. The van der Waals surface area contributed by atoms with Gasteiger partial charge in [0.1, 0.15) is 17.4 Å². The lowest BCUT2D eigenvalue weighted by Crippen LogP contribution is -2.26. The lowest BCUT2D eigenvalue weighted by molar-refractivity contribution is -0.117. The molecule has 1 aromatic carbocycles. The highest BCUT2D eigenvalue weighted by Gasteiger charge is 2.13. The van der Waals surface area contributed by atoms with E-state index in [9.17, 15) is 15.2 Å². The highest BCUT2D eigenvalue weighted by molar-refractivity contribution is 6.04. The van der Waals surface area contributed by atoms with E-state index >= 15 is 0 Å². The second kappa shape index (κ2) is 12.1. The first kappa shape index (κ1) is 20.8. The van der Waals surface area contributed by atoms with Crippen LogP contribution in [0.3, 0.4) is 0 Å². The minimum atomic E-state index is -0.323. The Morgan fingerprint density at radius 3 is 2.16 bits per heavy atom. The van der Waals surface area contributed by atoms with Crippen LogP contribution in [0.2, 0.25) is 0 Å². The number of phenols is 1. The molecule has 136 valence electrons. The third-order valence-electron chi connectivity index (χ3n) is 4.33. The Kier molecular flexibility index (Phi) is 10.1. The van der Waals surface area contributed by atoms with Crippen molar-refractivity contribution in [2.24, 2.45) is 0 Å². The molecule has 0 aliphatic heterocycles. The molecule has 0 bridgehead atoms. The average molecular weight is 342 g/mol. The van der Waals surface area contributed by atoms with Crippen LogP contribution in [0.15, 0.2) is 29.8 Å². The molecule has 0 atom stereocenters. The number of aromatic hydroxyl groups is 1. The van der Waals surface area contributed by atoms with E-state index in [1.807, 2.05) is 6.07 Å². The lowest BCUT2D eigenvalue weighted by atomic mass is 10.0. The molecule has 25 heavy (non-hydrogen) atoms. The second-order valence-electron chi connectivity index (χ2n) is 6.39. The third kappa shape index (κ3) is 7.89. The van der Waals surface area contributed by atoms with Crippen molar-refractivity contribution in [3.05, 3.63) is 35.4 Å². The molecule has 4 nitrogen and oxygen atoms in total. The molecule has 0 fully saturated rings. The molecule has 0 unspecified atom stereocenters. The zero-order valence-electron chi connectivity index (χ0n) is 15.5. The fraction of sp³-hybridized carbons (Fsp3) is 0.524. The largest absolute Gasteiger partial charge is 0.508 e. The molecule has 0 spiro atoms. The summed E-state index contributed by atoms with van der Waals surface area (Å²) in [7, 11) is 0. The molecule has 1 aromatic rings. The van der Waals surface area contributed by atoms with Gasteiger partial charge in [-0.1, -0.05) is 64.0 Å². The highest BCUT2D eigenvalue weighted by Crippen LogP contribution is 2.20. The van der Waals surface area contributed by atoms with Crippen LogP contribution in [0.4, 0.5) is 0 Å². The molecule has 0 radical (unpaired) electrons. The summed E-state index contributed by atoms with van der Waals surface area (Å²) in [6.07, 6.45) is 9.72. The number of carbonyl (C=O) groups excluding carboxylic acids is 1. The Labute approximate surface area is 151 Å². The normalized spacial score (nSPS) is 11.6. The number of rotatable bonds is 11. The Bertz CT molecular complexity index is 597. The molecular weight excluding hydrogens is 312 g/mol. The predicted octanol–water partition coefficient (Wildman–Crippen LogP) is 4.95. The maximum absolute atomic E-state index is 12.2. The first-order valence-electron chi connectivity index (χ1n) is 9.28. The van der Waals surface area contributed by atoms with E-state index in [2.05, 4.69) is 12.2 Å². The van der Waals surface area contributed by atoms with Crippen molar-refractivity contribution in [3.63, 3.8) is 0 Å². The maximum Gasteiger partial charge on any atom is 0.262 e. The van der Waals surface area contributed by atoms with Crippen molar-refractivity contribution >= 4 is 11.5 Å². The maximum atomic E-state index is 12.2. The van der Waals surface area contributed by atoms with E-state index in [1.165, 1.54) is 38.5 Å². The molecule has 2 N–H and O–H groups in total. The number of benzene rings is 1. The number of amides is 1. The number of unbranched alkanes of at least 4 members (excludes halogenated alkanes) is 7. The SMILES string of the molecule is CCCCCCCCCCNC(=O)/C(C#N)=C(\C)c1ccc(O)cc1. The van der Waals surface area contributed by atoms with Crippen LogP contribution < -0.4 is 5.32 Å². The number of nitrogens with zero attached hydrogens (tertiary/aromatic N) is 1. The fourth-order valence-electron chi connectivity index (χ4n) is 2.71.